The van der Waals surface area contributed by atoms with Gasteiger partial charge in [0.2, 0.25) is 0 Å². The van der Waals surface area contributed by atoms with Crippen LogP contribution in [0, 0.1) is 0 Å². The van der Waals surface area contributed by atoms with Crippen molar-refractivity contribution in [1.29, 1.82) is 0 Å². The monoisotopic (exact) mass is 402 g/mol. The van der Waals surface area contributed by atoms with E-state index < -0.39 is 0 Å². The van der Waals surface area contributed by atoms with Gasteiger partial charge in [-0.1, -0.05) is 83.8 Å². The maximum absolute atomic E-state index is 2.26. The third-order valence-corrected chi connectivity index (χ3v) is 6.78. The van der Waals surface area contributed by atoms with Crippen molar-refractivity contribution in [2.75, 3.05) is 0 Å². The molecule has 0 spiro atoms. The van der Waals surface area contributed by atoms with E-state index in [2.05, 4.69) is 109 Å². The van der Waals surface area contributed by atoms with Crippen molar-refractivity contribution in [2.45, 2.75) is 29.4 Å². The summed E-state index contributed by atoms with van der Waals surface area (Å²) in [5.41, 5.74) is 0. The van der Waals surface area contributed by atoms with Crippen LogP contribution in [0.5, 0.6) is 0 Å². The normalized spacial score (nSPS) is 10.7. The van der Waals surface area contributed by atoms with Crippen LogP contribution in [-0.4, -0.2) is 0 Å². The predicted octanol–water partition coefficient (Wildman–Crippen LogP) is 8.14. The molecule has 132 valence electrons. The number of benzene rings is 4. The molecule has 4 rings (SSSR count). The second kappa shape index (κ2) is 9.23. The Morgan fingerprint density at radius 2 is 0.593 bits per heavy atom. The summed E-state index contributed by atoms with van der Waals surface area (Å²) in [6.45, 7) is 0. The van der Waals surface area contributed by atoms with Crippen LogP contribution in [0.1, 0.15) is 0 Å². The van der Waals surface area contributed by atoms with E-state index in [0.29, 0.717) is 0 Å². The van der Waals surface area contributed by atoms with Crippen molar-refractivity contribution >= 4 is 35.3 Å². The Hall–Kier alpha value is -2.07. The van der Waals surface area contributed by atoms with Gasteiger partial charge in [-0.05, 0) is 60.7 Å². The number of hydrogen-bond acceptors (Lipinski definition) is 3. The predicted molar refractivity (Wildman–Crippen MR) is 118 cm³/mol. The lowest BCUT2D eigenvalue weighted by Crippen LogP contribution is -1.78. The van der Waals surface area contributed by atoms with Crippen molar-refractivity contribution in [3.8, 4) is 0 Å². The zero-order valence-electron chi connectivity index (χ0n) is 14.6. The van der Waals surface area contributed by atoms with Gasteiger partial charge in [0.25, 0.3) is 0 Å². The van der Waals surface area contributed by atoms with Crippen LogP contribution in [0.15, 0.2) is 139 Å². The van der Waals surface area contributed by atoms with Gasteiger partial charge in [-0.3, -0.25) is 0 Å². The number of hydrogen-bond donors (Lipinski definition) is 0. The van der Waals surface area contributed by atoms with Crippen LogP contribution < -0.4 is 0 Å². The molecule has 0 heterocycles. The molecule has 0 saturated heterocycles. The van der Waals surface area contributed by atoms with Gasteiger partial charge >= 0.3 is 0 Å². The summed E-state index contributed by atoms with van der Waals surface area (Å²) < 4.78 is 0. The number of rotatable bonds is 6. The molecule has 0 radical (unpaired) electrons. The van der Waals surface area contributed by atoms with Crippen LogP contribution >= 0.6 is 35.3 Å². The van der Waals surface area contributed by atoms with Crippen molar-refractivity contribution < 1.29 is 0 Å². The maximum Gasteiger partial charge on any atom is 0.0133 e. The average Bonchev–Trinajstić information content (AvgIpc) is 2.70. The third kappa shape index (κ3) is 5.46. The summed E-state index contributed by atoms with van der Waals surface area (Å²) in [7, 11) is 0. The lowest BCUT2D eigenvalue weighted by Gasteiger charge is -2.07. The van der Waals surface area contributed by atoms with Gasteiger partial charge in [0.1, 0.15) is 0 Å². The van der Waals surface area contributed by atoms with E-state index >= 15 is 0 Å². The topological polar surface area (TPSA) is 0 Å². The fourth-order valence-corrected chi connectivity index (χ4v) is 5.47. The van der Waals surface area contributed by atoms with E-state index in [1.807, 2.05) is 11.8 Å². The molecule has 27 heavy (non-hydrogen) atoms. The Kier molecular flexibility index (Phi) is 6.25. The minimum Gasteiger partial charge on any atom is -0.0901 e. The van der Waals surface area contributed by atoms with Crippen LogP contribution in [0.25, 0.3) is 0 Å². The first-order chi connectivity index (χ1) is 13.3. The molecule has 4 aromatic rings. The fourth-order valence-electron chi connectivity index (χ4n) is 2.59. The molecule has 0 aliphatic rings. The van der Waals surface area contributed by atoms with Gasteiger partial charge in [-0.2, -0.15) is 0 Å². The summed E-state index contributed by atoms with van der Waals surface area (Å²) in [6, 6.07) is 38.5. The van der Waals surface area contributed by atoms with Crippen LogP contribution in [-0.2, 0) is 0 Å². The zero-order chi connectivity index (χ0) is 18.3. The highest BCUT2D eigenvalue weighted by Crippen LogP contribution is 2.36. The SMILES string of the molecule is c1ccc(Sc2cccc(Sc3cccc(Sc4ccccc4)c3)c2)cc1. The summed E-state index contributed by atoms with van der Waals surface area (Å²) in [6.07, 6.45) is 0. The first-order valence-electron chi connectivity index (χ1n) is 8.69. The second-order valence-electron chi connectivity index (χ2n) is 5.88. The van der Waals surface area contributed by atoms with Gasteiger partial charge in [0.05, 0.1) is 0 Å². The fraction of sp³-hybridized carbons (Fsp3) is 0. The molecule has 0 amide bonds. The van der Waals surface area contributed by atoms with Crippen molar-refractivity contribution in [3.05, 3.63) is 109 Å². The smallest absolute Gasteiger partial charge is 0.0133 e. The van der Waals surface area contributed by atoms with E-state index in [4.69, 9.17) is 0 Å². The first-order valence-corrected chi connectivity index (χ1v) is 11.1. The van der Waals surface area contributed by atoms with E-state index in [9.17, 15) is 0 Å². The van der Waals surface area contributed by atoms with Gasteiger partial charge in [-0.25, -0.2) is 0 Å². The van der Waals surface area contributed by atoms with E-state index in [0.717, 1.165) is 0 Å². The Labute approximate surface area is 173 Å². The van der Waals surface area contributed by atoms with Crippen molar-refractivity contribution in [3.63, 3.8) is 0 Å². The second-order valence-corrected chi connectivity index (χ2v) is 9.32. The van der Waals surface area contributed by atoms with Gasteiger partial charge in [0.15, 0.2) is 0 Å². The molecule has 3 heteroatoms. The van der Waals surface area contributed by atoms with Gasteiger partial charge in [0, 0.05) is 29.4 Å². The summed E-state index contributed by atoms with van der Waals surface area (Å²) in [5, 5.41) is 0. The Morgan fingerprint density at radius 3 is 0.963 bits per heavy atom. The lowest BCUT2D eigenvalue weighted by atomic mass is 10.4. The molecule has 4 aromatic carbocycles. The van der Waals surface area contributed by atoms with Gasteiger partial charge < -0.3 is 0 Å². The molecule has 0 N–H and O–H groups in total. The van der Waals surface area contributed by atoms with E-state index in [1.165, 1.54) is 29.4 Å². The Bertz CT molecular complexity index is 915. The largest absolute Gasteiger partial charge is 0.0901 e. The Balaban J connectivity index is 1.47. The molecule has 0 unspecified atom stereocenters. The van der Waals surface area contributed by atoms with Crippen molar-refractivity contribution in [1.82, 2.24) is 0 Å². The molecule has 0 atom stereocenters. The van der Waals surface area contributed by atoms with Crippen molar-refractivity contribution in [2.24, 2.45) is 0 Å². The average molecular weight is 403 g/mol. The highest BCUT2D eigenvalue weighted by molar-refractivity contribution is 8.00. The summed E-state index contributed by atoms with van der Waals surface area (Å²) in [5.74, 6) is 0. The maximum atomic E-state index is 2.26. The van der Waals surface area contributed by atoms with Crippen LogP contribution in [0.2, 0.25) is 0 Å². The molecule has 0 aromatic heterocycles. The highest BCUT2D eigenvalue weighted by Gasteiger charge is 2.03. The minimum absolute atomic E-state index is 1.26. The molecule has 0 nitrogen and oxygen atoms in total. The standard InChI is InChI=1S/C24H18S3/c1-3-9-19(10-4-1)25-21-13-7-15-23(17-21)27-24-16-8-14-22(18-24)26-20-11-5-2-6-12-20/h1-18H. The van der Waals surface area contributed by atoms with E-state index in [1.54, 1.807) is 23.5 Å². The molecular formula is C24H18S3. The van der Waals surface area contributed by atoms with Gasteiger partial charge in [-0.15, -0.1) is 0 Å². The molecule has 0 aliphatic carbocycles. The minimum atomic E-state index is 1.26. The van der Waals surface area contributed by atoms with Crippen LogP contribution in [0.3, 0.4) is 0 Å². The molecule has 0 saturated carbocycles. The Morgan fingerprint density at radius 1 is 0.296 bits per heavy atom. The summed E-state index contributed by atoms with van der Waals surface area (Å²) in [4.78, 5) is 7.58. The first kappa shape index (κ1) is 18.3. The van der Waals surface area contributed by atoms with E-state index in [-0.39, 0.29) is 0 Å². The molecule has 0 bridgehead atoms. The third-order valence-electron chi connectivity index (χ3n) is 3.80. The highest BCUT2D eigenvalue weighted by atomic mass is 32.2. The zero-order valence-corrected chi connectivity index (χ0v) is 17.1. The summed E-state index contributed by atoms with van der Waals surface area (Å²) >= 11 is 5.41. The lowest BCUT2D eigenvalue weighted by molar-refractivity contribution is 1.29. The molecule has 0 aliphatic heterocycles. The quantitative estimate of drug-likeness (QED) is 0.319. The molecule has 0 fully saturated rings. The van der Waals surface area contributed by atoms with Crippen LogP contribution in [0.4, 0.5) is 0 Å². The molecular weight excluding hydrogens is 384 g/mol.